The molecule has 2 amide bonds. The molecule has 6 nitrogen and oxygen atoms in total. The molecule has 1 saturated heterocycles. The minimum atomic E-state index is -0.275. The Hall–Kier alpha value is -2.73. The molecule has 1 aromatic carbocycles. The third kappa shape index (κ3) is 4.70. The fourth-order valence-electron chi connectivity index (χ4n) is 4.11. The first-order chi connectivity index (χ1) is 14.5. The summed E-state index contributed by atoms with van der Waals surface area (Å²) in [7, 11) is 0. The van der Waals surface area contributed by atoms with Crippen molar-refractivity contribution in [1.82, 2.24) is 10.6 Å². The lowest BCUT2D eigenvalue weighted by Crippen LogP contribution is -2.55. The number of benzene rings is 1. The number of carbonyl (C=O) groups is 2. The molecular weight excluding hydrogens is 404 g/mol. The number of fused-ring (bicyclic) bond motifs is 1. The van der Waals surface area contributed by atoms with Crippen LogP contribution in [0.2, 0.25) is 5.02 Å². The van der Waals surface area contributed by atoms with E-state index in [-0.39, 0.29) is 41.7 Å². The van der Waals surface area contributed by atoms with Gasteiger partial charge in [-0.15, -0.1) is 0 Å². The van der Waals surface area contributed by atoms with E-state index in [1.807, 2.05) is 37.3 Å². The molecule has 0 bridgehead atoms. The molecule has 0 radical (unpaired) electrons. The van der Waals surface area contributed by atoms with Gasteiger partial charge in [0.25, 0.3) is 5.91 Å². The van der Waals surface area contributed by atoms with Gasteiger partial charge in [0.05, 0.1) is 12.3 Å². The molecule has 2 aliphatic rings. The summed E-state index contributed by atoms with van der Waals surface area (Å²) >= 11 is 6.19. The molecule has 1 saturated carbocycles. The molecular formula is C23H25ClN2O4. The number of ether oxygens (including phenoxy) is 1. The van der Waals surface area contributed by atoms with Crippen LogP contribution in [-0.4, -0.2) is 30.0 Å². The number of hydrogen-bond acceptors (Lipinski definition) is 4. The van der Waals surface area contributed by atoms with Crippen molar-refractivity contribution in [2.45, 2.75) is 50.8 Å². The van der Waals surface area contributed by atoms with Crippen LogP contribution in [0.5, 0.6) is 0 Å². The minimum Gasteiger partial charge on any atom is -0.483 e. The molecule has 4 rings (SSSR count). The highest BCUT2D eigenvalue weighted by Crippen LogP contribution is 2.32. The van der Waals surface area contributed by atoms with E-state index >= 15 is 0 Å². The van der Waals surface area contributed by atoms with Crippen LogP contribution in [0.4, 0.5) is 0 Å². The van der Waals surface area contributed by atoms with E-state index < -0.39 is 0 Å². The third-order valence-corrected chi connectivity index (χ3v) is 5.99. The van der Waals surface area contributed by atoms with Crippen LogP contribution in [0, 0.1) is 5.92 Å². The van der Waals surface area contributed by atoms with E-state index in [0.29, 0.717) is 24.3 Å². The van der Waals surface area contributed by atoms with Crippen molar-refractivity contribution in [3.05, 3.63) is 64.8 Å². The average Bonchev–Trinajstić information content (AvgIpc) is 3.22. The predicted molar refractivity (Wildman–Crippen MR) is 114 cm³/mol. The lowest BCUT2D eigenvalue weighted by Gasteiger charge is -2.40. The summed E-state index contributed by atoms with van der Waals surface area (Å²) in [5.74, 6) is 0.697. The van der Waals surface area contributed by atoms with Gasteiger partial charge in [-0.25, -0.2) is 0 Å². The summed E-state index contributed by atoms with van der Waals surface area (Å²) in [5.41, 5.74) is 0.737. The lowest BCUT2D eigenvalue weighted by atomic mass is 9.82. The van der Waals surface area contributed by atoms with Crippen LogP contribution in [0.15, 0.2) is 52.8 Å². The maximum atomic E-state index is 12.7. The summed E-state index contributed by atoms with van der Waals surface area (Å²) in [5, 5.41) is 6.64. The van der Waals surface area contributed by atoms with Gasteiger partial charge >= 0.3 is 0 Å². The zero-order valence-electron chi connectivity index (χ0n) is 16.8. The molecule has 2 aromatic rings. The van der Waals surface area contributed by atoms with Crippen molar-refractivity contribution >= 4 is 29.5 Å². The Morgan fingerprint density at radius 3 is 2.90 bits per heavy atom. The number of amides is 2. The van der Waals surface area contributed by atoms with E-state index in [9.17, 15) is 9.59 Å². The monoisotopic (exact) mass is 428 g/mol. The summed E-state index contributed by atoms with van der Waals surface area (Å²) in [6.45, 7) is 1.96. The topological polar surface area (TPSA) is 80.6 Å². The maximum absolute atomic E-state index is 12.7. The largest absolute Gasteiger partial charge is 0.483 e. The third-order valence-electron chi connectivity index (χ3n) is 5.64. The number of furan rings is 1. The van der Waals surface area contributed by atoms with Gasteiger partial charge in [-0.1, -0.05) is 29.8 Å². The Bertz CT molecular complexity index is 940. The standard InChI is InChI=1S/C23H25ClN2O4/c1-14(11-17-6-4-10-29-17)25-22(27)16-8-9-20-19(12-16)26-23(28)21(30-20)13-15-5-2-3-7-18(15)24/h2-7,10,13-14,16,19-20H,8-9,11-12H2,1H3,(H,25,27)(H,26,28)/b21-13-. The zero-order valence-corrected chi connectivity index (χ0v) is 17.5. The minimum absolute atomic E-state index is 0.0131. The number of morpholine rings is 1. The molecule has 158 valence electrons. The summed E-state index contributed by atoms with van der Waals surface area (Å²) in [6.07, 6.45) is 5.79. The quantitative estimate of drug-likeness (QED) is 0.711. The summed E-state index contributed by atoms with van der Waals surface area (Å²) in [4.78, 5) is 25.3. The van der Waals surface area contributed by atoms with Crippen LogP contribution < -0.4 is 10.6 Å². The predicted octanol–water partition coefficient (Wildman–Crippen LogP) is 3.71. The van der Waals surface area contributed by atoms with Gasteiger partial charge in [-0.2, -0.15) is 0 Å². The van der Waals surface area contributed by atoms with Crippen LogP contribution in [-0.2, 0) is 20.7 Å². The van der Waals surface area contributed by atoms with Crippen LogP contribution >= 0.6 is 11.6 Å². The van der Waals surface area contributed by atoms with E-state index in [1.54, 1.807) is 18.4 Å². The van der Waals surface area contributed by atoms with Crippen molar-refractivity contribution in [3.8, 4) is 0 Å². The zero-order chi connectivity index (χ0) is 21.1. The summed E-state index contributed by atoms with van der Waals surface area (Å²) in [6, 6.07) is 10.8. The second-order valence-electron chi connectivity index (χ2n) is 7.97. The first kappa shape index (κ1) is 20.5. The van der Waals surface area contributed by atoms with Crippen LogP contribution in [0.3, 0.4) is 0 Å². The second-order valence-corrected chi connectivity index (χ2v) is 8.38. The number of carbonyl (C=O) groups excluding carboxylic acids is 2. The van der Waals surface area contributed by atoms with Gasteiger partial charge in [0.15, 0.2) is 5.76 Å². The lowest BCUT2D eigenvalue weighted by molar-refractivity contribution is -0.135. The van der Waals surface area contributed by atoms with Crippen molar-refractivity contribution in [2.24, 2.45) is 5.92 Å². The van der Waals surface area contributed by atoms with E-state index in [2.05, 4.69) is 10.6 Å². The molecule has 2 fully saturated rings. The molecule has 0 spiro atoms. The van der Waals surface area contributed by atoms with Crippen LogP contribution in [0.1, 0.15) is 37.5 Å². The molecule has 7 heteroatoms. The SMILES string of the molecule is CC(Cc1ccco1)NC(=O)C1CCC2O/C(=C\c3ccccc3Cl)C(=O)NC2C1. The molecule has 2 heterocycles. The van der Waals surface area contributed by atoms with Gasteiger partial charge in [0.1, 0.15) is 11.9 Å². The van der Waals surface area contributed by atoms with Crippen molar-refractivity contribution in [1.29, 1.82) is 0 Å². The highest BCUT2D eigenvalue weighted by Gasteiger charge is 2.40. The molecule has 4 atom stereocenters. The van der Waals surface area contributed by atoms with Crippen molar-refractivity contribution in [2.75, 3.05) is 0 Å². The van der Waals surface area contributed by atoms with Gasteiger partial charge in [0, 0.05) is 23.4 Å². The summed E-state index contributed by atoms with van der Waals surface area (Å²) < 4.78 is 11.3. The Morgan fingerprint density at radius 1 is 1.30 bits per heavy atom. The fourth-order valence-corrected chi connectivity index (χ4v) is 4.30. The van der Waals surface area contributed by atoms with E-state index in [0.717, 1.165) is 17.7 Å². The van der Waals surface area contributed by atoms with Gasteiger partial charge in [-0.05, 0) is 56.0 Å². The Kier molecular flexibility index (Phi) is 6.13. The van der Waals surface area contributed by atoms with Gasteiger partial charge in [0.2, 0.25) is 5.91 Å². The van der Waals surface area contributed by atoms with Gasteiger partial charge in [-0.3, -0.25) is 9.59 Å². The van der Waals surface area contributed by atoms with Crippen molar-refractivity contribution < 1.29 is 18.7 Å². The Morgan fingerprint density at radius 2 is 2.13 bits per heavy atom. The number of nitrogens with one attached hydrogen (secondary N) is 2. The van der Waals surface area contributed by atoms with Gasteiger partial charge < -0.3 is 19.8 Å². The highest BCUT2D eigenvalue weighted by atomic mass is 35.5. The molecule has 1 aliphatic heterocycles. The first-order valence-corrected chi connectivity index (χ1v) is 10.6. The molecule has 1 aliphatic carbocycles. The Balaban J connectivity index is 1.35. The van der Waals surface area contributed by atoms with Crippen LogP contribution in [0.25, 0.3) is 6.08 Å². The molecule has 2 N–H and O–H groups in total. The normalized spacial score (nSPS) is 25.7. The Labute approximate surface area is 180 Å². The maximum Gasteiger partial charge on any atom is 0.286 e. The van der Waals surface area contributed by atoms with E-state index in [4.69, 9.17) is 20.8 Å². The smallest absolute Gasteiger partial charge is 0.286 e. The van der Waals surface area contributed by atoms with Crippen molar-refractivity contribution in [3.63, 3.8) is 0 Å². The highest BCUT2D eigenvalue weighted by molar-refractivity contribution is 6.32. The number of halogens is 1. The molecule has 1 aromatic heterocycles. The average molecular weight is 429 g/mol. The molecule has 4 unspecified atom stereocenters. The first-order valence-electron chi connectivity index (χ1n) is 10.3. The van der Waals surface area contributed by atoms with E-state index in [1.165, 1.54) is 0 Å². The molecule has 30 heavy (non-hydrogen) atoms. The number of rotatable bonds is 5. The number of hydrogen-bond donors (Lipinski definition) is 2. The fraction of sp³-hybridized carbons (Fsp3) is 0.391. The second kappa shape index (κ2) is 8.96.